The molecule has 0 aliphatic rings. The molecule has 0 saturated heterocycles. The number of anilines is 2. The highest BCUT2D eigenvalue weighted by molar-refractivity contribution is 7.91. The van der Waals surface area contributed by atoms with Crippen LogP contribution in [0.25, 0.3) is 0 Å². The molecule has 9 nitrogen and oxygen atoms in total. The van der Waals surface area contributed by atoms with E-state index in [9.17, 15) is 22.8 Å². The zero-order valence-corrected chi connectivity index (χ0v) is 20.5. The minimum Gasteiger partial charge on any atom is -0.384 e. The van der Waals surface area contributed by atoms with Crippen LogP contribution in [0.2, 0.25) is 0 Å². The lowest BCUT2D eigenvalue weighted by molar-refractivity contribution is 0.100. The monoisotopic (exact) mass is 496 g/mol. The van der Waals surface area contributed by atoms with Crippen molar-refractivity contribution in [2.24, 2.45) is 0 Å². The zero-order valence-electron chi connectivity index (χ0n) is 19.7. The fourth-order valence-electron chi connectivity index (χ4n) is 3.68. The Labute approximate surface area is 203 Å². The van der Waals surface area contributed by atoms with E-state index in [0.717, 1.165) is 10.1 Å². The number of Topliss-reactive ketones (excluding diaryl/α,β-unsaturated/α-hetero) is 1. The molecule has 0 spiro atoms. The van der Waals surface area contributed by atoms with E-state index < -0.39 is 26.9 Å². The molecule has 3 N–H and O–H groups in total. The summed E-state index contributed by atoms with van der Waals surface area (Å²) in [6.07, 6.45) is 1.30. The lowest BCUT2D eigenvalue weighted by atomic mass is 10.1. The number of sulfone groups is 1. The Hall–Kier alpha value is -3.92. The molecule has 0 bridgehead atoms. The van der Waals surface area contributed by atoms with Crippen molar-refractivity contribution < 1.29 is 13.2 Å². The molecular weight excluding hydrogens is 468 g/mol. The normalized spacial score (nSPS) is 11.3. The second-order valence-corrected chi connectivity index (χ2v) is 10.0. The van der Waals surface area contributed by atoms with Crippen LogP contribution in [0.1, 0.15) is 28.4 Å². The molecule has 35 heavy (non-hydrogen) atoms. The van der Waals surface area contributed by atoms with Crippen LogP contribution < -0.4 is 22.3 Å². The van der Waals surface area contributed by atoms with Gasteiger partial charge in [0, 0.05) is 12.2 Å². The van der Waals surface area contributed by atoms with Crippen molar-refractivity contribution in [3.8, 4) is 0 Å². The van der Waals surface area contributed by atoms with E-state index in [1.54, 1.807) is 19.9 Å². The van der Waals surface area contributed by atoms with E-state index in [-0.39, 0.29) is 41.7 Å². The lowest BCUT2D eigenvalue weighted by Crippen LogP contribution is -2.44. The number of carbonyl (C=O) groups excluding carboxylic acids is 1. The number of ketones is 1. The molecule has 3 aromatic rings. The van der Waals surface area contributed by atoms with Crippen LogP contribution >= 0.6 is 0 Å². The van der Waals surface area contributed by atoms with Gasteiger partial charge in [-0.2, -0.15) is 0 Å². The zero-order chi connectivity index (χ0) is 25.8. The van der Waals surface area contributed by atoms with Gasteiger partial charge in [0.25, 0.3) is 5.56 Å². The summed E-state index contributed by atoms with van der Waals surface area (Å²) in [6, 6.07) is 13.6. The predicted octanol–water partition coefficient (Wildman–Crippen LogP) is 2.22. The summed E-state index contributed by atoms with van der Waals surface area (Å²) < 4.78 is 26.9. The van der Waals surface area contributed by atoms with Crippen molar-refractivity contribution in [2.75, 3.05) is 23.3 Å². The smallest absolute Gasteiger partial charge is 0.332 e. The van der Waals surface area contributed by atoms with E-state index in [2.05, 4.69) is 11.9 Å². The van der Waals surface area contributed by atoms with Gasteiger partial charge in [-0.15, -0.1) is 6.58 Å². The van der Waals surface area contributed by atoms with Crippen LogP contribution in [0, 0.1) is 6.92 Å². The van der Waals surface area contributed by atoms with Crippen molar-refractivity contribution in [2.45, 2.75) is 31.8 Å². The first-order chi connectivity index (χ1) is 16.6. The molecule has 0 unspecified atom stereocenters. The topological polar surface area (TPSA) is 133 Å². The highest BCUT2D eigenvalue weighted by Gasteiger charge is 2.23. The van der Waals surface area contributed by atoms with Crippen LogP contribution in [-0.2, 0) is 22.9 Å². The Morgan fingerprint density at radius 1 is 1.11 bits per heavy atom. The number of hydrogen-bond acceptors (Lipinski definition) is 7. The molecular formula is C25H28N4O5S. The molecule has 0 radical (unpaired) electrons. The second-order valence-electron chi connectivity index (χ2n) is 7.99. The standard InChI is InChI=1S/C25H28N4O5S/c1-4-13-35(33,34)19-12-11-17(3)20(14-19)27-15-21(30)22-23(26)29(16-18-9-7-6-8-10-18)25(32)28(5-2)24(22)31/h4,6-12,14,27H,1,5,13,15-16,26H2,2-3H3. The van der Waals surface area contributed by atoms with Crippen molar-refractivity contribution in [3.05, 3.63) is 98.7 Å². The van der Waals surface area contributed by atoms with Gasteiger partial charge in [0.15, 0.2) is 15.6 Å². The minimum atomic E-state index is -3.56. The van der Waals surface area contributed by atoms with Gasteiger partial charge in [-0.1, -0.05) is 42.5 Å². The number of hydrogen-bond donors (Lipinski definition) is 2. The van der Waals surface area contributed by atoms with Crippen LogP contribution in [0.4, 0.5) is 11.5 Å². The summed E-state index contributed by atoms with van der Waals surface area (Å²) >= 11 is 0. The molecule has 2 aromatic carbocycles. The SMILES string of the molecule is C=CCS(=O)(=O)c1ccc(C)c(NCC(=O)c2c(N)n(Cc3ccccc3)c(=O)n(CC)c2=O)c1. The first kappa shape index (κ1) is 25.7. The maximum Gasteiger partial charge on any atom is 0.332 e. The third-order valence-corrected chi connectivity index (χ3v) is 7.24. The third-order valence-electron chi connectivity index (χ3n) is 5.59. The summed E-state index contributed by atoms with van der Waals surface area (Å²) in [5.74, 6) is -1.04. The first-order valence-corrected chi connectivity index (χ1v) is 12.6. The quantitative estimate of drug-likeness (QED) is 0.325. The van der Waals surface area contributed by atoms with Crippen molar-refractivity contribution in [1.29, 1.82) is 0 Å². The Morgan fingerprint density at radius 2 is 1.80 bits per heavy atom. The molecule has 0 aliphatic heterocycles. The largest absolute Gasteiger partial charge is 0.384 e. The molecule has 184 valence electrons. The number of benzene rings is 2. The number of nitrogens with two attached hydrogens (primary N) is 1. The molecule has 1 aromatic heterocycles. The Bertz CT molecular complexity index is 1490. The number of aromatic nitrogens is 2. The van der Waals surface area contributed by atoms with Crippen LogP contribution in [0.5, 0.6) is 0 Å². The van der Waals surface area contributed by atoms with Crippen molar-refractivity contribution in [1.82, 2.24) is 9.13 Å². The van der Waals surface area contributed by atoms with Crippen molar-refractivity contribution in [3.63, 3.8) is 0 Å². The van der Waals surface area contributed by atoms with E-state index in [4.69, 9.17) is 5.73 Å². The van der Waals surface area contributed by atoms with E-state index in [1.165, 1.54) is 22.8 Å². The second kappa shape index (κ2) is 10.6. The number of rotatable bonds is 10. The van der Waals surface area contributed by atoms with Gasteiger partial charge in [0.2, 0.25) is 0 Å². The summed E-state index contributed by atoms with van der Waals surface area (Å²) in [4.78, 5) is 39.1. The van der Waals surface area contributed by atoms with Crippen molar-refractivity contribution >= 4 is 27.1 Å². The Kier molecular flexibility index (Phi) is 7.75. The van der Waals surface area contributed by atoms with Gasteiger partial charge in [0.1, 0.15) is 11.4 Å². The van der Waals surface area contributed by atoms with Crippen LogP contribution in [0.15, 0.2) is 75.7 Å². The molecule has 3 rings (SSSR count). The van der Waals surface area contributed by atoms with Gasteiger partial charge in [0.05, 0.1) is 23.7 Å². The molecule has 0 fully saturated rings. The number of nitrogens with zero attached hydrogens (tertiary/aromatic N) is 2. The fraction of sp³-hybridized carbons (Fsp3) is 0.240. The molecule has 0 saturated carbocycles. The van der Waals surface area contributed by atoms with Gasteiger partial charge >= 0.3 is 5.69 Å². The lowest BCUT2D eigenvalue weighted by Gasteiger charge is -2.16. The summed E-state index contributed by atoms with van der Waals surface area (Å²) in [7, 11) is -3.56. The van der Waals surface area contributed by atoms with E-state index in [0.29, 0.717) is 11.3 Å². The summed E-state index contributed by atoms with van der Waals surface area (Å²) in [5, 5.41) is 2.91. The van der Waals surface area contributed by atoms with Crippen LogP contribution in [0.3, 0.4) is 0 Å². The summed E-state index contributed by atoms with van der Waals surface area (Å²) in [6.45, 7) is 6.71. The van der Waals surface area contributed by atoms with Gasteiger partial charge in [-0.25, -0.2) is 13.2 Å². The van der Waals surface area contributed by atoms with Gasteiger partial charge in [-0.3, -0.25) is 18.7 Å². The Balaban J connectivity index is 1.97. The number of aryl methyl sites for hydroxylation is 1. The van der Waals surface area contributed by atoms with Gasteiger partial charge < -0.3 is 11.1 Å². The molecule has 0 atom stereocenters. The Morgan fingerprint density at radius 3 is 2.43 bits per heavy atom. The average Bonchev–Trinajstić information content (AvgIpc) is 2.82. The first-order valence-electron chi connectivity index (χ1n) is 11.0. The van der Waals surface area contributed by atoms with E-state index >= 15 is 0 Å². The van der Waals surface area contributed by atoms with Gasteiger partial charge in [-0.05, 0) is 37.1 Å². The maximum atomic E-state index is 13.1. The summed E-state index contributed by atoms with van der Waals surface area (Å²) in [5.41, 5.74) is 6.46. The van der Waals surface area contributed by atoms with Crippen LogP contribution in [-0.4, -0.2) is 35.6 Å². The highest BCUT2D eigenvalue weighted by atomic mass is 32.2. The highest BCUT2D eigenvalue weighted by Crippen LogP contribution is 2.21. The minimum absolute atomic E-state index is 0.0722. The molecule has 0 amide bonds. The molecule has 1 heterocycles. The fourth-order valence-corrected chi connectivity index (χ4v) is 4.75. The predicted molar refractivity (Wildman–Crippen MR) is 137 cm³/mol. The third kappa shape index (κ3) is 5.43. The molecule has 10 heteroatoms. The van der Waals surface area contributed by atoms with E-state index in [1.807, 2.05) is 30.3 Å². The average molecular weight is 497 g/mol. The number of carbonyl (C=O) groups is 1. The molecule has 0 aliphatic carbocycles. The number of nitrogens with one attached hydrogen (secondary N) is 1. The number of nitrogen functional groups attached to an aromatic ring is 1. The maximum absolute atomic E-state index is 13.1.